The molecule has 1 aromatic rings. The fraction of sp³-hybridized carbons (Fsp3) is 0.588. The average molecular weight is 548 g/mol. The molecule has 0 radical (unpaired) electrons. The first kappa shape index (κ1) is 25.3. The molecule has 0 aliphatic carbocycles. The number of benzene rings is 1. The van der Waals surface area contributed by atoms with Crippen LogP contribution >= 0.6 is 26.3 Å². The first-order chi connectivity index (χ1) is 15.1. The van der Waals surface area contributed by atoms with E-state index < -0.39 is 56.7 Å². The minimum atomic E-state index is -6.35. The van der Waals surface area contributed by atoms with Crippen LogP contribution in [0.1, 0.15) is 16.8 Å². The molecule has 3 heterocycles. The summed E-state index contributed by atoms with van der Waals surface area (Å²) in [5.41, 5.74) is -0.455. The molecule has 4 rings (SSSR count). The Kier molecular flexibility index (Phi) is 5.80. The number of halogens is 9. The van der Waals surface area contributed by atoms with E-state index in [-0.39, 0.29) is 29.7 Å². The number of carbonyl (C=O) groups excluding carboxylic acids is 1. The number of fused-ring (bicyclic) bond motifs is 2. The van der Waals surface area contributed by atoms with E-state index in [2.05, 4.69) is 5.09 Å². The summed E-state index contributed by atoms with van der Waals surface area (Å²) in [6.07, 6.45) is -19.1. The molecule has 0 aromatic heterocycles. The fourth-order valence-corrected chi connectivity index (χ4v) is 19.7. The van der Waals surface area contributed by atoms with Crippen molar-refractivity contribution in [2.24, 2.45) is 0 Å². The van der Waals surface area contributed by atoms with Crippen LogP contribution in [-0.2, 0) is 9.05 Å². The van der Waals surface area contributed by atoms with Gasteiger partial charge in [-0.15, -0.1) is 0 Å². The predicted octanol–water partition coefficient (Wildman–Crippen LogP) is 4.88. The molecule has 16 heteroatoms. The molecule has 186 valence electrons. The molecule has 33 heavy (non-hydrogen) atoms. The van der Waals surface area contributed by atoms with Gasteiger partial charge in [0.1, 0.15) is 0 Å². The molecule has 1 amide bonds. The van der Waals surface area contributed by atoms with Gasteiger partial charge in [-0.1, -0.05) is 0 Å². The van der Waals surface area contributed by atoms with Crippen LogP contribution in [0.3, 0.4) is 0 Å². The van der Waals surface area contributed by atoms with Gasteiger partial charge in [0.2, 0.25) is 0 Å². The van der Waals surface area contributed by atoms with Crippen molar-refractivity contribution in [3.05, 3.63) is 29.8 Å². The molecule has 1 aromatic carbocycles. The Morgan fingerprint density at radius 2 is 1.73 bits per heavy atom. The Balaban J connectivity index is 1.98. The molecular formula is C17H18ClF8N2O3P2+. The third-order valence-electron chi connectivity index (χ3n) is 6.11. The van der Waals surface area contributed by atoms with Crippen molar-refractivity contribution in [1.82, 2.24) is 9.76 Å². The average Bonchev–Trinajstić information content (AvgIpc) is 3.25. The van der Waals surface area contributed by atoms with Gasteiger partial charge in [0.05, 0.1) is 0 Å². The van der Waals surface area contributed by atoms with E-state index in [1.807, 2.05) is 0 Å². The molecule has 0 bridgehead atoms. The molecule has 5 nitrogen and oxygen atoms in total. The summed E-state index contributed by atoms with van der Waals surface area (Å²) in [4.78, 5) is 13.1. The van der Waals surface area contributed by atoms with Crippen molar-refractivity contribution in [3.8, 4) is 0 Å². The third-order valence-corrected chi connectivity index (χ3v) is 19.1. The van der Waals surface area contributed by atoms with E-state index in [4.69, 9.17) is 20.6 Å². The van der Waals surface area contributed by atoms with Crippen molar-refractivity contribution < 1.29 is 49.0 Å². The number of hydrogen-bond acceptors (Lipinski definition) is 4. The van der Waals surface area contributed by atoms with Crippen molar-refractivity contribution in [3.63, 3.8) is 0 Å². The van der Waals surface area contributed by atoms with Crippen molar-refractivity contribution >= 4 is 37.5 Å². The Labute approximate surface area is 188 Å². The molecule has 0 saturated carbocycles. The van der Waals surface area contributed by atoms with Crippen LogP contribution < -0.4 is 10.4 Å². The topological polar surface area (TPSA) is 50.8 Å². The number of amides is 1. The van der Waals surface area contributed by atoms with Gasteiger partial charge in [-0.05, 0) is 0 Å². The summed E-state index contributed by atoms with van der Waals surface area (Å²) in [7, 11) is -7.09. The van der Waals surface area contributed by atoms with Gasteiger partial charge >= 0.3 is 188 Å². The van der Waals surface area contributed by atoms with Crippen LogP contribution in [-0.4, -0.2) is 66.2 Å². The first-order valence-electron chi connectivity index (χ1n) is 9.58. The zero-order valence-corrected chi connectivity index (χ0v) is 19.3. The van der Waals surface area contributed by atoms with Gasteiger partial charge in [0.25, 0.3) is 0 Å². The van der Waals surface area contributed by atoms with E-state index in [0.717, 1.165) is 7.05 Å². The normalized spacial score (nSPS) is 32.4. The van der Waals surface area contributed by atoms with Crippen molar-refractivity contribution in [2.45, 2.75) is 42.6 Å². The van der Waals surface area contributed by atoms with Gasteiger partial charge in [-0.2, -0.15) is 0 Å². The summed E-state index contributed by atoms with van der Waals surface area (Å²) < 4.78 is 121. The zero-order valence-electron chi connectivity index (χ0n) is 16.7. The van der Waals surface area contributed by atoms with Crippen LogP contribution in [0.25, 0.3) is 0 Å². The molecule has 2 saturated heterocycles. The molecule has 1 spiro atoms. The Morgan fingerprint density at radius 1 is 1.12 bits per heavy atom. The van der Waals surface area contributed by atoms with E-state index in [1.165, 1.54) is 24.3 Å². The Morgan fingerprint density at radius 3 is 2.30 bits per heavy atom. The van der Waals surface area contributed by atoms with Gasteiger partial charge in [0, 0.05) is 0 Å². The van der Waals surface area contributed by atoms with Gasteiger partial charge in [0.15, 0.2) is 0 Å². The third kappa shape index (κ3) is 3.33. The Hall–Kier alpha value is -0.840. The maximum atomic E-state index is 14.4. The minimum absolute atomic E-state index is 0.0394. The van der Waals surface area contributed by atoms with E-state index in [0.29, 0.717) is 4.67 Å². The molecular weight excluding hydrogens is 530 g/mol. The zero-order chi connectivity index (χ0) is 24.6. The molecule has 2 fully saturated rings. The molecule has 3 aliphatic heterocycles. The number of rotatable bonds is 3. The van der Waals surface area contributed by atoms with E-state index >= 15 is 0 Å². The molecule has 4 unspecified atom stereocenters. The SMILES string of the molecule is CN1C(=O)c2ccccc2[PH+]2C(CCCl)CNP123OC(C(F)(F)F)C(C(F)(F)C(F)(F)F)O3. The van der Waals surface area contributed by atoms with Crippen LogP contribution in [0.4, 0.5) is 35.1 Å². The summed E-state index contributed by atoms with van der Waals surface area (Å²) >= 11 is 5.85. The monoisotopic (exact) mass is 547 g/mol. The van der Waals surface area contributed by atoms with E-state index in [9.17, 15) is 39.9 Å². The second-order valence-electron chi connectivity index (χ2n) is 7.93. The summed E-state index contributed by atoms with van der Waals surface area (Å²) in [5.74, 6) is -6.76. The van der Waals surface area contributed by atoms with Gasteiger partial charge < -0.3 is 0 Å². The molecule has 1 N–H and O–H groups in total. The second-order valence-corrected chi connectivity index (χ2v) is 17.4. The fourth-order valence-electron chi connectivity index (χ4n) is 4.61. The maximum absolute atomic E-state index is 14.4. The number of alkyl halides is 9. The molecule has 4 atom stereocenters. The van der Waals surface area contributed by atoms with Gasteiger partial charge in [-0.3, -0.25) is 0 Å². The number of nitrogens with one attached hydrogen (secondary N) is 1. The van der Waals surface area contributed by atoms with E-state index in [1.54, 1.807) is 0 Å². The van der Waals surface area contributed by atoms with Crippen LogP contribution in [0, 0.1) is 0 Å². The first-order valence-corrected chi connectivity index (χ1v) is 14.6. The summed E-state index contributed by atoms with van der Waals surface area (Å²) in [6, 6.07) is 5.86. The molecule has 3 aliphatic rings. The van der Waals surface area contributed by atoms with Crippen LogP contribution in [0.2, 0.25) is 0 Å². The number of carbonyl (C=O) groups is 1. The van der Waals surface area contributed by atoms with Crippen molar-refractivity contribution in [2.75, 3.05) is 19.5 Å². The van der Waals surface area contributed by atoms with Gasteiger partial charge in [-0.25, -0.2) is 0 Å². The quantitative estimate of drug-likeness (QED) is 0.333. The Bertz CT molecular complexity index is 982. The van der Waals surface area contributed by atoms with Crippen molar-refractivity contribution in [1.29, 1.82) is 0 Å². The summed E-state index contributed by atoms with van der Waals surface area (Å²) in [5, 5.41) is 2.89. The standard InChI is InChI=1S/C17H17ClF8N2O3P2/c1-28-14(29)10-4-2-3-5-11(10)32-9(6-7-18)8-27-33(28,32)30-12(13(31-33)16(21,22)23)15(19,20)17(24,25)26/h2-5,9,12-13,27H,6-8H2,1H3/p+1. The number of hydrogen-bond donors (Lipinski definition) is 1. The second kappa shape index (κ2) is 7.58. The van der Waals surface area contributed by atoms with Crippen LogP contribution in [0.15, 0.2) is 24.3 Å². The van der Waals surface area contributed by atoms with Crippen LogP contribution in [0.5, 0.6) is 0 Å². The number of nitrogens with zero attached hydrogens (tertiary/aromatic N) is 1. The predicted molar refractivity (Wildman–Crippen MR) is 107 cm³/mol. The summed E-state index contributed by atoms with van der Waals surface area (Å²) in [6.45, 7) is -0.125.